The Morgan fingerprint density at radius 1 is 1.00 bits per heavy atom. The van der Waals surface area contributed by atoms with Crippen LogP contribution in [0.15, 0.2) is 48.7 Å². The molecule has 21 heavy (non-hydrogen) atoms. The molecule has 2 aromatic rings. The van der Waals surface area contributed by atoms with Crippen LogP contribution in [0.4, 0.5) is 5.82 Å². The van der Waals surface area contributed by atoms with Crippen LogP contribution in [-0.2, 0) is 6.54 Å². The predicted molar refractivity (Wildman–Crippen MR) is 84.7 cm³/mol. The maximum atomic E-state index is 5.43. The van der Waals surface area contributed by atoms with Crippen molar-refractivity contribution in [3.63, 3.8) is 0 Å². The Balaban J connectivity index is 1.59. The minimum atomic E-state index is 0.945. The Hall–Kier alpha value is -2.07. The molecule has 0 spiro atoms. The molecule has 0 unspecified atom stereocenters. The van der Waals surface area contributed by atoms with E-state index in [4.69, 9.17) is 4.74 Å². The van der Waals surface area contributed by atoms with E-state index in [2.05, 4.69) is 33.0 Å². The summed E-state index contributed by atoms with van der Waals surface area (Å²) in [6.45, 7) is 5.08. The van der Waals surface area contributed by atoms with Crippen LogP contribution in [-0.4, -0.2) is 43.2 Å². The number of anilines is 1. The molecule has 0 radical (unpaired) electrons. The molecule has 0 amide bonds. The Morgan fingerprint density at radius 2 is 1.76 bits per heavy atom. The number of hydrogen-bond donors (Lipinski definition) is 0. The summed E-state index contributed by atoms with van der Waals surface area (Å²) in [5.41, 5.74) is 1.26. The molecule has 1 aliphatic rings. The minimum absolute atomic E-state index is 0.945. The lowest BCUT2D eigenvalue weighted by Gasteiger charge is -2.35. The summed E-state index contributed by atoms with van der Waals surface area (Å²) in [6, 6.07) is 14.3. The Morgan fingerprint density at radius 3 is 2.48 bits per heavy atom. The lowest BCUT2D eigenvalue weighted by molar-refractivity contribution is 0.245. The first-order valence-electron chi connectivity index (χ1n) is 7.37. The summed E-state index contributed by atoms with van der Waals surface area (Å²) in [7, 11) is 1.73. The van der Waals surface area contributed by atoms with E-state index in [9.17, 15) is 0 Å². The Labute approximate surface area is 126 Å². The lowest BCUT2D eigenvalue weighted by Crippen LogP contribution is -2.46. The molecule has 4 nitrogen and oxygen atoms in total. The van der Waals surface area contributed by atoms with Gasteiger partial charge in [0.15, 0.2) is 0 Å². The van der Waals surface area contributed by atoms with Gasteiger partial charge in [-0.1, -0.05) is 24.3 Å². The van der Waals surface area contributed by atoms with Gasteiger partial charge in [0.25, 0.3) is 0 Å². The highest BCUT2D eigenvalue weighted by Gasteiger charge is 2.18. The van der Waals surface area contributed by atoms with Gasteiger partial charge in [0, 0.05) is 44.5 Å². The summed E-state index contributed by atoms with van der Waals surface area (Å²) in [5.74, 6) is 2.05. The van der Waals surface area contributed by atoms with Crippen molar-refractivity contribution < 1.29 is 4.74 Å². The number of rotatable bonds is 4. The number of nitrogens with zero attached hydrogens (tertiary/aromatic N) is 3. The second-order valence-corrected chi connectivity index (χ2v) is 5.26. The molecular weight excluding hydrogens is 262 g/mol. The second kappa shape index (κ2) is 6.59. The van der Waals surface area contributed by atoms with Crippen LogP contribution in [0.3, 0.4) is 0 Å². The zero-order valence-corrected chi connectivity index (χ0v) is 12.4. The number of piperazine rings is 1. The zero-order valence-electron chi connectivity index (χ0n) is 12.4. The first kappa shape index (κ1) is 13.9. The molecule has 0 N–H and O–H groups in total. The van der Waals surface area contributed by atoms with Gasteiger partial charge in [0.1, 0.15) is 11.6 Å². The second-order valence-electron chi connectivity index (χ2n) is 5.26. The summed E-state index contributed by atoms with van der Waals surface area (Å²) >= 11 is 0. The minimum Gasteiger partial charge on any atom is -0.496 e. The molecule has 1 aliphatic heterocycles. The molecular formula is C17H21N3O. The summed E-state index contributed by atoms with van der Waals surface area (Å²) in [6.07, 6.45) is 1.86. The van der Waals surface area contributed by atoms with Crippen LogP contribution >= 0.6 is 0 Å². The van der Waals surface area contributed by atoms with Crippen LogP contribution in [0, 0.1) is 0 Å². The molecule has 1 fully saturated rings. The molecule has 0 bridgehead atoms. The third-order valence-corrected chi connectivity index (χ3v) is 3.93. The van der Waals surface area contributed by atoms with Crippen molar-refractivity contribution in [2.45, 2.75) is 6.54 Å². The van der Waals surface area contributed by atoms with Crippen molar-refractivity contribution in [2.75, 3.05) is 38.2 Å². The highest BCUT2D eigenvalue weighted by Crippen LogP contribution is 2.20. The largest absolute Gasteiger partial charge is 0.496 e. The van der Waals surface area contributed by atoms with E-state index in [1.807, 2.05) is 30.5 Å². The van der Waals surface area contributed by atoms with E-state index in [1.54, 1.807) is 7.11 Å². The van der Waals surface area contributed by atoms with Gasteiger partial charge >= 0.3 is 0 Å². The zero-order chi connectivity index (χ0) is 14.5. The van der Waals surface area contributed by atoms with Crippen LogP contribution in [0.2, 0.25) is 0 Å². The van der Waals surface area contributed by atoms with Crippen molar-refractivity contribution in [1.29, 1.82) is 0 Å². The number of methoxy groups -OCH3 is 1. The summed E-state index contributed by atoms with van der Waals surface area (Å²) < 4.78 is 5.43. The van der Waals surface area contributed by atoms with E-state index in [-0.39, 0.29) is 0 Å². The van der Waals surface area contributed by atoms with Crippen molar-refractivity contribution >= 4 is 5.82 Å². The summed E-state index contributed by atoms with van der Waals surface area (Å²) in [5, 5.41) is 0. The molecule has 4 heteroatoms. The molecule has 3 rings (SSSR count). The fraction of sp³-hybridized carbons (Fsp3) is 0.353. The van der Waals surface area contributed by atoms with E-state index in [0.717, 1.165) is 44.3 Å². The third-order valence-electron chi connectivity index (χ3n) is 3.93. The van der Waals surface area contributed by atoms with Crippen LogP contribution in [0.5, 0.6) is 5.75 Å². The SMILES string of the molecule is COc1ccccc1CN1CCN(c2ccccn2)CC1. The predicted octanol–water partition coefficient (Wildman–Crippen LogP) is 2.41. The number of aromatic nitrogens is 1. The van der Waals surface area contributed by atoms with E-state index in [1.165, 1.54) is 5.56 Å². The highest BCUT2D eigenvalue weighted by molar-refractivity contribution is 5.38. The van der Waals surface area contributed by atoms with Crippen molar-refractivity contribution in [3.8, 4) is 5.75 Å². The Kier molecular flexibility index (Phi) is 4.36. The standard InChI is InChI=1S/C17H21N3O/c1-21-16-7-3-2-6-15(16)14-19-10-12-20(13-11-19)17-8-4-5-9-18-17/h2-9H,10-14H2,1H3. The molecule has 0 saturated carbocycles. The molecule has 1 aromatic heterocycles. The maximum Gasteiger partial charge on any atom is 0.128 e. The van der Waals surface area contributed by atoms with Gasteiger partial charge in [-0.3, -0.25) is 4.90 Å². The van der Waals surface area contributed by atoms with Gasteiger partial charge < -0.3 is 9.64 Å². The number of pyridine rings is 1. The van der Waals surface area contributed by atoms with Crippen molar-refractivity contribution in [3.05, 3.63) is 54.2 Å². The van der Waals surface area contributed by atoms with E-state index in [0.29, 0.717) is 0 Å². The van der Waals surface area contributed by atoms with Gasteiger partial charge in [0.05, 0.1) is 7.11 Å². The molecule has 2 heterocycles. The van der Waals surface area contributed by atoms with E-state index >= 15 is 0 Å². The normalized spacial score (nSPS) is 16.0. The van der Waals surface area contributed by atoms with Gasteiger partial charge in [-0.25, -0.2) is 4.98 Å². The number of hydrogen-bond acceptors (Lipinski definition) is 4. The first-order chi connectivity index (χ1) is 10.4. The monoisotopic (exact) mass is 283 g/mol. The summed E-state index contributed by atoms with van der Waals surface area (Å²) in [4.78, 5) is 9.24. The molecule has 1 aromatic carbocycles. The highest BCUT2D eigenvalue weighted by atomic mass is 16.5. The lowest BCUT2D eigenvalue weighted by atomic mass is 10.1. The molecule has 0 aliphatic carbocycles. The molecule has 1 saturated heterocycles. The topological polar surface area (TPSA) is 28.6 Å². The number of ether oxygens (including phenoxy) is 1. The molecule has 110 valence electrons. The van der Waals surface area contributed by atoms with Crippen LogP contribution < -0.4 is 9.64 Å². The third kappa shape index (κ3) is 3.34. The average Bonchev–Trinajstić information content (AvgIpc) is 2.57. The van der Waals surface area contributed by atoms with Crippen LogP contribution in [0.1, 0.15) is 5.56 Å². The van der Waals surface area contributed by atoms with Gasteiger partial charge in [0.2, 0.25) is 0 Å². The maximum absolute atomic E-state index is 5.43. The van der Waals surface area contributed by atoms with Gasteiger partial charge in [-0.2, -0.15) is 0 Å². The fourth-order valence-corrected chi connectivity index (χ4v) is 2.75. The Bertz CT molecular complexity index is 565. The number of benzene rings is 1. The number of para-hydroxylation sites is 1. The van der Waals surface area contributed by atoms with Crippen molar-refractivity contribution in [1.82, 2.24) is 9.88 Å². The average molecular weight is 283 g/mol. The van der Waals surface area contributed by atoms with E-state index < -0.39 is 0 Å². The fourth-order valence-electron chi connectivity index (χ4n) is 2.75. The van der Waals surface area contributed by atoms with Gasteiger partial charge in [-0.15, -0.1) is 0 Å². The van der Waals surface area contributed by atoms with Crippen molar-refractivity contribution in [2.24, 2.45) is 0 Å². The quantitative estimate of drug-likeness (QED) is 0.861. The smallest absolute Gasteiger partial charge is 0.128 e. The van der Waals surface area contributed by atoms with Crippen LogP contribution in [0.25, 0.3) is 0 Å². The van der Waals surface area contributed by atoms with Gasteiger partial charge in [-0.05, 0) is 18.2 Å². The first-order valence-corrected chi connectivity index (χ1v) is 7.37. The molecule has 0 atom stereocenters.